The lowest BCUT2D eigenvalue weighted by Crippen LogP contribution is -2.37. The van der Waals surface area contributed by atoms with E-state index < -0.39 is 0 Å². The van der Waals surface area contributed by atoms with Crippen molar-refractivity contribution in [2.24, 2.45) is 17.8 Å². The third-order valence-electron chi connectivity index (χ3n) is 8.04. The first kappa shape index (κ1) is 27.3. The van der Waals surface area contributed by atoms with Crippen molar-refractivity contribution in [2.45, 2.75) is 144 Å². The molecular weight excluding hydrogens is 388 g/mol. The van der Waals surface area contributed by atoms with E-state index in [0.29, 0.717) is 5.92 Å². The molecule has 3 atom stereocenters. The van der Waals surface area contributed by atoms with Crippen LogP contribution in [-0.2, 0) is 6.42 Å². The van der Waals surface area contributed by atoms with Crippen LogP contribution in [0.2, 0.25) is 0 Å². The van der Waals surface area contributed by atoms with Crippen molar-refractivity contribution < 1.29 is 4.74 Å². The fourth-order valence-corrected chi connectivity index (χ4v) is 5.70. The maximum absolute atomic E-state index is 6.71. The van der Waals surface area contributed by atoms with E-state index in [1.54, 1.807) is 0 Å². The van der Waals surface area contributed by atoms with Crippen LogP contribution in [-0.4, -0.2) is 5.60 Å². The Hall–Kier alpha value is -0.980. The smallest absolute Gasteiger partial charge is 0.126 e. The Morgan fingerprint density at radius 3 is 1.97 bits per heavy atom. The van der Waals surface area contributed by atoms with E-state index in [9.17, 15) is 0 Å². The normalized spacial score (nSPS) is 20.3. The molecule has 1 aliphatic heterocycles. The van der Waals surface area contributed by atoms with Gasteiger partial charge in [0.25, 0.3) is 0 Å². The summed E-state index contributed by atoms with van der Waals surface area (Å²) in [5, 5.41) is 0. The topological polar surface area (TPSA) is 9.23 Å². The minimum atomic E-state index is 0.00813. The van der Waals surface area contributed by atoms with Crippen LogP contribution in [0.25, 0.3) is 0 Å². The molecule has 1 aromatic rings. The van der Waals surface area contributed by atoms with Crippen LogP contribution < -0.4 is 4.74 Å². The van der Waals surface area contributed by atoms with Gasteiger partial charge in [0.2, 0.25) is 0 Å². The molecule has 1 heterocycles. The molecule has 2 rings (SSSR count). The molecule has 2 unspecified atom stereocenters. The van der Waals surface area contributed by atoms with Gasteiger partial charge in [0.05, 0.1) is 0 Å². The van der Waals surface area contributed by atoms with Gasteiger partial charge in [-0.15, -0.1) is 0 Å². The zero-order chi connectivity index (χ0) is 23.9. The van der Waals surface area contributed by atoms with Crippen molar-refractivity contribution >= 4 is 0 Å². The minimum absolute atomic E-state index is 0.00813. The van der Waals surface area contributed by atoms with E-state index in [0.717, 1.165) is 24.2 Å². The Bertz CT molecular complexity index is 701. The van der Waals surface area contributed by atoms with Crippen molar-refractivity contribution in [1.29, 1.82) is 0 Å². The standard InChI is InChI=1S/C31H54O/c1-22(2)13-10-14-24(5)15-11-16-25(6)17-12-19-31(9)20-18-28-27(8)29(23(3)4)21-26(7)30(28)32-31/h21-25H,10-20H2,1-9H3/t24?,25?,31-/m1/s1. The Morgan fingerprint density at radius 2 is 1.41 bits per heavy atom. The summed E-state index contributed by atoms with van der Waals surface area (Å²) < 4.78 is 6.71. The minimum Gasteiger partial charge on any atom is -0.487 e. The second-order valence-electron chi connectivity index (χ2n) is 12.3. The number of benzene rings is 1. The van der Waals surface area contributed by atoms with Gasteiger partial charge in [-0.2, -0.15) is 0 Å². The van der Waals surface area contributed by atoms with E-state index in [-0.39, 0.29) is 5.60 Å². The molecule has 0 saturated carbocycles. The molecule has 1 aromatic carbocycles. The first-order chi connectivity index (χ1) is 15.0. The maximum atomic E-state index is 6.71. The van der Waals surface area contributed by atoms with Crippen molar-refractivity contribution in [1.82, 2.24) is 0 Å². The van der Waals surface area contributed by atoms with Gasteiger partial charge in [-0.1, -0.05) is 92.6 Å². The molecule has 0 bridgehead atoms. The van der Waals surface area contributed by atoms with Gasteiger partial charge in [-0.25, -0.2) is 0 Å². The molecule has 1 heteroatoms. The Labute approximate surface area is 201 Å². The lowest BCUT2D eigenvalue weighted by atomic mass is 9.82. The molecular formula is C31H54O. The SMILES string of the molecule is Cc1cc(C(C)C)c(C)c2c1O[C@](C)(CCCC(C)CCCC(C)CCCC(C)C)CC2. The molecule has 184 valence electrons. The Kier molecular flexibility index (Phi) is 10.6. The molecule has 0 fully saturated rings. The predicted octanol–water partition coefficient (Wildman–Crippen LogP) is 9.95. The summed E-state index contributed by atoms with van der Waals surface area (Å²) in [5.41, 5.74) is 5.78. The van der Waals surface area contributed by atoms with E-state index in [4.69, 9.17) is 4.74 Å². The van der Waals surface area contributed by atoms with E-state index in [1.165, 1.54) is 92.2 Å². The highest BCUT2D eigenvalue weighted by Gasteiger charge is 2.33. The summed E-state index contributed by atoms with van der Waals surface area (Å²) in [6.07, 6.45) is 14.6. The molecule has 0 N–H and O–H groups in total. The van der Waals surface area contributed by atoms with E-state index in [1.807, 2.05) is 0 Å². The van der Waals surface area contributed by atoms with Gasteiger partial charge in [-0.3, -0.25) is 0 Å². The summed E-state index contributed by atoms with van der Waals surface area (Å²) in [6, 6.07) is 2.37. The van der Waals surface area contributed by atoms with Gasteiger partial charge in [0.1, 0.15) is 11.4 Å². The highest BCUT2D eigenvalue weighted by Crippen LogP contribution is 2.42. The third kappa shape index (κ3) is 8.11. The second kappa shape index (κ2) is 12.5. The number of aryl methyl sites for hydroxylation is 1. The average Bonchev–Trinajstić information content (AvgIpc) is 2.70. The summed E-state index contributed by atoms with van der Waals surface area (Å²) in [5.74, 6) is 4.38. The van der Waals surface area contributed by atoms with Crippen molar-refractivity contribution in [3.05, 3.63) is 28.3 Å². The molecule has 0 spiro atoms. The summed E-state index contributed by atoms with van der Waals surface area (Å²) in [4.78, 5) is 0. The summed E-state index contributed by atoms with van der Waals surface area (Å²) in [6.45, 7) is 21.1. The summed E-state index contributed by atoms with van der Waals surface area (Å²) in [7, 11) is 0. The Morgan fingerprint density at radius 1 is 0.844 bits per heavy atom. The fourth-order valence-electron chi connectivity index (χ4n) is 5.70. The fraction of sp³-hybridized carbons (Fsp3) is 0.806. The highest BCUT2D eigenvalue weighted by atomic mass is 16.5. The summed E-state index contributed by atoms with van der Waals surface area (Å²) >= 11 is 0. The number of rotatable bonds is 13. The van der Waals surface area contributed by atoms with Crippen LogP contribution in [0.5, 0.6) is 5.75 Å². The number of hydrogen-bond donors (Lipinski definition) is 0. The van der Waals surface area contributed by atoms with E-state index >= 15 is 0 Å². The highest BCUT2D eigenvalue weighted by molar-refractivity contribution is 5.52. The lowest BCUT2D eigenvalue weighted by molar-refractivity contribution is 0.0513. The maximum Gasteiger partial charge on any atom is 0.126 e. The monoisotopic (exact) mass is 442 g/mol. The van der Waals surface area contributed by atoms with Crippen LogP contribution in [0.4, 0.5) is 0 Å². The van der Waals surface area contributed by atoms with Gasteiger partial charge in [0.15, 0.2) is 0 Å². The van der Waals surface area contributed by atoms with Crippen LogP contribution in [0.15, 0.2) is 6.07 Å². The van der Waals surface area contributed by atoms with Gasteiger partial charge < -0.3 is 4.74 Å². The van der Waals surface area contributed by atoms with Gasteiger partial charge >= 0.3 is 0 Å². The van der Waals surface area contributed by atoms with Gasteiger partial charge in [-0.05, 0) is 92.4 Å². The first-order valence-corrected chi connectivity index (χ1v) is 13.8. The molecule has 0 amide bonds. The molecule has 0 aromatic heterocycles. The van der Waals surface area contributed by atoms with Crippen LogP contribution in [0.1, 0.15) is 141 Å². The molecule has 0 radical (unpaired) electrons. The molecule has 0 aliphatic carbocycles. The van der Waals surface area contributed by atoms with Crippen molar-refractivity contribution in [2.75, 3.05) is 0 Å². The van der Waals surface area contributed by atoms with Crippen LogP contribution in [0.3, 0.4) is 0 Å². The largest absolute Gasteiger partial charge is 0.487 e. The quantitative estimate of drug-likeness (QED) is 0.295. The number of ether oxygens (including phenoxy) is 1. The van der Waals surface area contributed by atoms with Crippen molar-refractivity contribution in [3.63, 3.8) is 0 Å². The zero-order valence-electron chi connectivity index (χ0n) is 23.1. The Balaban J connectivity index is 1.75. The average molecular weight is 443 g/mol. The molecule has 32 heavy (non-hydrogen) atoms. The van der Waals surface area contributed by atoms with Crippen molar-refractivity contribution in [3.8, 4) is 5.75 Å². The van der Waals surface area contributed by atoms with Gasteiger partial charge in [0, 0.05) is 0 Å². The second-order valence-corrected chi connectivity index (χ2v) is 12.3. The van der Waals surface area contributed by atoms with Crippen LogP contribution in [0, 0.1) is 31.6 Å². The molecule has 0 saturated heterocycles. The molecule has 1 nitrogen and oxygen atoms in total. The lowest BCUT2D eigenvalue weighted by Gasteiger charge is -2.38. The first-order valence-electron chi connectivity index (χ1n) is 13.8. The predicted molar refractivity (Wildman–Crippen MR) is 142 cm³/mol. The van der Waals surface area contributed by atoms with Crippen LogP contribution >= 0.6 is 0 Å². The number of fused-ring (bicyclic) bond motifs is 1. The zero-order valence-corrected chi connectivity index (χ0v) is 23.1. The van der Waals surface area contributed by atoms with E-state index in [2.05, 4.69) is 68.4 Å². The third-order valence-corrected chi connectivity index (χ3v) is 8.04. The number of hydrogen-bond acceptors (Lipinski definition) is 1. The molecule has 1 aliphatic rings.